The molecule has 2 aromatic carbocycles. The Kier molecular flexibility index (Phi) is 5.06. The molecule has 0 unspecified atom stereocenters. The number of hydrogen-bond acceptors (Lipinski definition) is 5. The van der Waals surface area contributed by atoms with Gasteiger partial charge in [0.1, 0.15) is 17.6 Å². The van der Waals surface area contributed by atoms with E-state index in [2.05, 4.69) is 5.32 Å². The van der Waals surface area contributed by atoms with Gasteiger partial charge >= 0.3 is 0 Å². The molecule has 2 heterocycles. The maximum Gasteiger partial charge on any atom is 0.262 e. The van der Waals surface area contributed by atoms with E-state index in [-0.39, 0.29) is 30.4 Å². The van der Waals surface area contributed by atoms with Crippen LogP contribution < -0.4 is 14.8 Å². The summed E-state index contributed by atoms with van der Waals surface area (Å²) in [5, 5.41) is 13.4. The van der Waals surface area contributed by atoms with E-state index in [9.17, 15) is 14.7 Å². The summed E-state index contributed by atoms with van der Waals surface area (Å²) < 4.78 is 11.6. The van der Waals surface area contributed by atoms with Crippen molar-refractivity contribution in [1.82, 2.24) is 4.90 Å². The lowest BCUT2D eigenvalue weighted by atomic mass is 9.78. The molecular weight excluding hydrogens is 396 g/mol. The van der Waals surface area contributed by atoms with E-state index >= 15 is 0 Å². The molecule has 31 heavy (non-hydrogen) atoms. The van der Waals surface area contributed by atoms with Gasteiger partial charge in [0, 0.05) is 18.7 Å². The molecule has 2 amide bonds. The van der Waals surface area contributed by atoms with Crippen LogP contribution in [0.2, 0.25) is 0 Å². The van der Waals surface area contributed by atoms with E-state index in [1.807, 2.05) is 36.1 Å². The monoisotopic (exact) mass is 422 g/mol. The van der Waals surface area contributed by atoms with Gasteiger partial charge in [-0.15, -0.1) is 0 Å². The number of nitrogens with one attached hydrogen (secondary N) is 1. The van der Waals surface area contributed by atoms with Gasteiger partial charge in [0.05, 0.1) is 11.8 Å². The molecule has 5 rings (SSSR count). The number of carbonyl (C=O) groups excluding carboxylic acids is 2. The van der Waals surface area contributed by atoms with Crippen molar-refractivity contribution >= 4 is 17.5 Å². The van der Waals surface area contributed by atoms with E-state index in [0.29, 0.717) is 42.4 Å². The third-order valence-corrected chi connectivity index (χ3v) is 6.61. The average molecular weight is 422 g/mol. The minimum absolute atomic E-state index is 0.0430. The summed E-state index contributed by atoms with van der Waals surface area (Å²) in [7, 11) is 0. The molecule has 1 aliphatic carbocycles. The van der Waals surface area contributed by atoms with E-state index in [1.54, 1.807) is 18.2 Å². The van der Waals surface area contributed by atoms with E-state index in [1.165, 1.54) is 0 Å². The number of para-hydroxylation sites is 1. The van der Waals surface area contributed by atoms with Crippen LogP contribution in [0.5, 0.6) is 11.5 Å². The molecule has 162 valence electrons. The van der Waals surface area contributed by atoms with E-state index in [0.717, 1.165) is 17.7 Å². The van der Waals surface area contributed by atoms with Crippen LogP contribution in [0, 0.1) is 18.8 Å². The first kappa shape index (κ1) is 19.9. The van der Waals surface area contributed by atoms with Gasteiger partial charge in [-0.05, 0) is 61.4 Å². The topological polar surface area (TPSA) is 88.1 Å². The van der Waals surface area contributed by atoms with Crippen molar-refractivity contribution in [2.45, 2.75) is 32.0 Å². The summed E-state index contributed by atoms with van der Waals surface area (Å²) in [6, 6.07) is 12.9. The highest BCUT2D eigenvalue weighted by Gasteiger charge is 2.44. The normalized spacial score (nSPS) is 27.0. The van der Waals surface area contributed by atoms with E-state index in [4.69, 9.17) is 9.47 Å². The Balaban J connectivity index is 1.27. The van der Waals surface area contributed by atoms with Crippen LogP contribution in [-0.2, 0) is 4.79 Å². The Bertz CT molecular complexity index is 1020. The number of nitrogens with zero attached hydrogens (tertiary/aromatic N) is 1. The standard InChI is InChI=1S/C24H26N2O5/c1-14-4-2-3-5-20(14)31-22-10-17-12-26(11-16(17)8-19(22)27)24(29)15-6-7-18-21(9-15)30-13-23(28)25-18/h2-7,9,16-17,19,22,27H,8,10-13H2,1H3,(H,25,28)/t16-,17+,19+,22+/m0/s1. The third-order valence-electron chi connectivity index (χ3n) is 6.61. The number of aryl methyl sites for hydroxylation is 1. The molecule has 2 aliphatic heterocycles. The molecule has 0 radical (unpaired) electrons. The molecule has 4 atom stereocenters. The fourth-order valence-electron chi connectivity index (χ4n) is 4.92. The summed E-state index contributed by atoms with van der Waals surface area (Å²) in [4.78, 5) is 26.4. The lowest BCUT2D eigenvalue weighted by Crippen LogP contribution is -2.42. The smallest absolute Gasteiger partial charge is 0.262 e. The first-order valence-corrected chi connectivity index (χ1v) is 10.7. The number of amides is 2. The first-order valence-electron chi connectivity index (χ1n) is 10.7. The molecule has 7 heteroatoms. The zero-order valence-electron chi connectivity index (χ0n) is 17.4. The second-order valence-corrected chi connectivity index (χ2v) is 8.74. The molecular formula is C24H26N2O5. The molecule has 2 aromatic rings. The van der Waals surface area contributed by atoms with Crippen molar-refractivity contribution in [1.29, 1.82) is 0 Å². The quantitative estimate of drug-likeness (QED) is 0.794. The van der Waals surface area contributed by atoms with Crippen LogP contribution >= 0.6 is 0 Å². The van der Waals surface area contributed by atoms with Gasteiger partial charge in [0.2, 0.25) is 0 Å². The minimum Gasteiger partial charge on any atom is -0.487 e. The lowest BCUT2D eigenvalue weighted by molar-refractivity contribution is -0.118. The van der Waals surface area contributed by atoms with Gasteiger partial charge in [0.25, 0.3) is 11.8 Å². The summed E-state index contributed by atoms with van der Waals surface area (Å²) >= 11 is 0. The van der Waals surface area contributed by atoms with Crippen LogP contribution in [0.4, 0.5) is 5.69 Å². The Morgan fingerprint density at radius 3 is 2.74 bits per heavy atom. The highest BCUT2D eigenvalue weighted by atomic mass is 16.5. The van der Waals surface area contributed by atoms with Gasteiger partial charge in [-0.1, -0.05) is 18.2 Å². The summed E-state index contributed by atoms with van der Waals surface area (Å²) in [5.74, 6) is 1.64. The number of aliphatic hydroxyl groups excluding tert-OH is 1. The van der Waals surface area contributed by atoms with Gasteiger partial charge < -0.3 is 24.8 Å². The summed E-state index contributed by atoms with van der Waals surface area (Å²) in [6.07, 6.45) is 0.544. The molecule has 2 fully saturated rings. The zero-order chi connectivity index (χ0) is 21.5. The van der Waals surface area contributed by atoms with Crippen LogP contribution in [0.25, 0.3) is 0 Å². The number of hydrogen-bond donors (Lipinski definition) is 2. The van der Waals surface area contributed by atoms with Crippen molar-refractivity contribution in [3.05, 3.63) is 53.6 Å². The third kappa shape index (κ3) is 3.85. The van der Waals surface area contributed by atoms with Crippen LogP contribution in [0.15, 0.2) is 42.5 Å². The maximum absolute atomic E-state index is 13.1. The maximum atomic E-state index is 13.1. The Morgan fingerprint density at radius 2 is 1.94 bits per heavy atom. The van der Waals surface area contributed by atoms with Crippen molar-refractivity contribution < 1.29 is 24.2 Å². The number of carbonyl (C=O) groups is 2. The highest BCUT2D eigenvalue weighted by Crippen LogP contribution is 2.39. The molecule has 0 bridgehead atoms. The molecule has 7 nitrogen and oxygen atoms in total. The number of ether oxygens (including phenoxy) is 2. The SMILES string of the molecule is Cc1ccccc1O[C@@H]1C[C@@H]2CN(C(=O)c3ccc4c(c3)OCC(=O)N4)C[C@@H]2C[C@H]1O. The Hall–Kier alpha value is -3.06. The lowest BCUT2D eigenvalue weighted by Gasteiger charge is -2.35. The molecule has 1 saturated carbocycles. The van der Waals surface area contributed by atoms with Gasteiger partial charge in [-0.3, -0.25) is 9.59 Å². The number of fused-ring (bicyclic) bond motifs is 2. The molecule has 3 aliphatic rings. The number of anilines is 1. The minimum atomic E-state index is -0.545. The number of likely N-dealkylation sites (tertiary alicyclic amines) is 1. The first-order chi connectivity index (χ1) is 15.0. The van der Waals surface area contributed by atoms with Crippen molar-refractivity contribution in [2.75, 3.05) is 25.0 Å². The van der Waals surface area contributed by atoms with E-state index < -0.39 is 6.10 Å². The number of benzene rings is 2. The van der Waals surface area contributed by atoms with Crippen LogP contribution in [0.3, 0.4) is 0 Å². The van der Waals surface area contributed by atoms with Crippen molar-refractivity contribution in [3.8, 4) is 11.5 Å². The number of rotatable bonds is 3. The average Bonchev–Trinajstić information content (AvgIpc) is 3.17. The summed E-state index contributed by atoms with van der Waals surface area (Å²) in [5.41, 5.74) is 2.18. The van der Waals surface area contributed by atoms with Gasteiger partial charge in [-0.2, -0.15) is 0 Å². The van der Waals surface area contributed by atoms with Crippen LogP contribution in [-0.4, -0.2) is 53.7 Å². The van der Waals surface area contributed by atoms with Crippen LogP contribution in [0.1, 0.15) is 28.8 Å². The fraction of sp³-hybridized carbons (Fsp3) is 0.417. The van der Waals surface area contributed by atoms with Gasteiger partial charge in [0.15, 0.2) is 6.61 Å². The largest absolute Gasteiger partial charge is 0.487 e. The predicted molar refractivity (Wildman–Crippen MR) is 114 cm³/mol. The molecule has 2 N–H and O–H groups in total. The zero-order valence-corrected chi connectivity index (χ0v) is 17.4. The Morgan fingerprint density at radius 1 is 1.16 bits per heavy atom. The Labute approximate surface area is 181 Å². The van der Waals surface area contributed by atoms with Crippen molar-refractivity contribution in [2.24, 2.45) is 11.8 Å². The number of aliphatic hydroxyl groups is 1. The molecule has 1 saturated heterocycles. The second kappa shape index (κ2) is 7.89. The fourth-order valence-corrected chi connectivity index (χ4v) is 4.92. The summed E-state index contributed by atoms with van der Waals surface area (Å²) in [6.45, 7) is 3.24. The van der Waals surface area contributed by atoms with Crippen molar-refractivity contribution in [3.63, 3.8) is 0 Å². The molecule has 0 aromatic heterocycles. The highest BCUT2D eigenvalue weighted by molar-refractivity contribution is 5.99. The second-order valence-electron chi connectivity index (χ2n) is 8.74. The predicted octanol–water partition coefficient (Wildman–Crippen LogP) is 2.62. The van der Waals surface area contributed by atoms with Gasteiger partial charge in [-0.25, -0.2) is 0 Å². The molecule has 0 spiro atoms.